The number of ether oxygens (including phenoxy) is 1. The smallest absolute Gasteiger partial charge is 0.336 e. The van der Waals surface area contributed by atoms with E-state index in [0.29, 0.717) is 17.8 Å². The lowest BCUT2D eigenvalue weighted by Gasteiger charge is -2.46. The Hall–Kier alpha value is -2.83. The van der Waals surface area contributed by atoms with Crippen molar-refractivity contribution in [3.8, 4) is 0 Å². The fourth-order valence-electron chi connectivity index (χ4n) is 4.01. The Morgan fingerprint density at radius 3 is 2.80 bits per heavy atom. The Bertz CT molecular complexity index is 816. The van der Waals surface area contributed by atoms with Crippen molar-refractivity contribution < 1.29 is 19.1 Å². The number of hydrogen-bond acceptors (Lipinski definition) is 5. The summed E-state index contributed by atoms with van der Waals surface area (Å²) in [5, 5.41) is 5.62. The van der Waals surface area contributed by atoms with Gasteiger partial charge in [-0.05, 0) is 19.4 Å². The van der Waals surface area contributed by atoms with E-state index in [9.17, 15) is 14.4 Å². The van der Waals surface area contributed by atoms with Crippen LogP contribution in [0, 0.1) is 12.8 Å². The van der Waals surface area contributed by atoms with Gasteiger partial charge in [0.05, 0.1) is 17.2 Å². The first-order chi connectivity index (χ1) is 12.0. The average molecular weight is 341 g/mol. The molecule has 0 aliphatic carbocycles. The molecule has 3 heterocycles. The molecule has 7 nitrogen and oxygen atoms in total. The summed E-state index contributed by atoms with van der Waals surface area (Å²) in [6, 6.07) is 7.34. The summed E-state index contributed by atoms with van der Waals surface area (Å²) in [5.74, 6) is -1.81. The van der Waals surface area contributed by atoms with Crippen LogP contribution in [-0.2, 0) is 14.3 Å². The maximum Gasteiger partial charge on any atom is 0.336 e. The zero-order chi connectivity index (χ0) is 17.7. The number of benzene rings is 1. The number of carbonyl (C=O) groups is 3. The van der Waals surface area contributed by atoms with Gasteiger partial charge in [0.25, 0.3) is 0 Å². The Kier molecular flexibility index (Phi) is 3.52. The van der Waals surface area contributed by atoms with Crippen LogP contribution >= 0.6 is 0 Å². The van der Waals surface area contributed by atoms with Crippen molar-refractivity contribution in [3.05, 3.63) is 46.7 Å². The Morgan fingerprint density at radius 1 is 1.28 bits per heavy atom. The average Bonchev–Trinajstić information content (AvgIpc) is 2.94. The molecule has 0 bridgehead atoms. The molecule has 3 amide bonds. The summed E-state index contributed by atoms with van der Waals surface area (Å²) in [6.45, 7) is 4.42. The van der Waals surface area contributed by atoms with Crippen LogP contribution in [0.1, 0.15) is 24.0 Å². The molecule has 130 valence electrons. The van der Waals surface area contributed by atoms with E-state index in [0.717, 1.165) is 11.1 Å². The summed E-state index contributed by atoms with van der Waals surface area (Å²) >= 11 is 0. The first-order valence-corrected chi connectivity index (χ1v) is 8.36. The number of cyclic esters (lactones) is 1. The van der Waals surface area contributed by atoms with Gasteiger partial charge < -0.3 is 15.0 Å². The lowest BCUT2D eigenvalue weighted by Crippen LogP contribution is -2.67. The van der Waals surface area contributed by atoms with E-state index in [2.05, 4.69) is 10.6 Å². The molecular formula is C18H19N3O4. The van der Waals surface area contributed by atoms with Gasteiger partial charge in [-0.3, -0.25) is 10.1 Å². The van der Waals surface area contributed by atoms with E-state index in [1.54, 1.807) is 4.90 Å². The molecule has 0 saturated carbocycles. The lowest BCUT2D eigenvalue weighted by molar-refractivity contribution is -0.136. The van der Waals surface area contributed by atoms with Gasteiger partial charge in [0.15, 0.2) is 0 Å². The minimum atomic E-state index is -0.594. The number of carbonyl (C=O) groups excluding carboxylic acids is 3. The number of aryl methyl sites for hydroxylation is 1. The fraction of sp³-hybridized carbons (Fsp3) is 0.389. The second-order valence-corrected chi connectivity index (χ2v) is 6.56. The van der Waals surface area contributed by atoms with Crippen molar-refractivity contribution in [2.45, 2.75) is 25.9 Å². The number of nitrogens with one attached hydrogen (secondary N) is 2. The summed E-state index contributed by atoms with van der Waals surface area (Å²) < 4.78 is 5.21. The van der Waals surface area contributed by atoms with Gasteiger partial charge in [-0.2, -0.15) is 0 Å². The van der Waals surface area contributed by atoms with Gasteiger partial charge >= 0.3 is 12.0 Å². The third-order valence-corrected chi connectivity index (χ3v) is 5.10. The van der Waals surface area contributed by atoms with Gasteiger partial charge in [0, 0.05) is 12.5 Å². The van der Waals surface area contributed by atoms with Crippen LogP contribution in [0.5, 0.6) is 0 Å². The monoisotopic (exact) mass is 341 g/mol. The van der Waals surface area contributed by atoms with Crippen LogP contribution in [0.2, 0.25) is 0 Å². The molecule has 1 aromatic carbocycles. The Balaban J connectivity index is 1.88. The fourth-order valence-corrected chi connectivity index (χ4v) is 4.01. The highest BCUT2D eigenvalue weighted by Crippen LogP contribution is 2.43. The van der Waals surface area contributed by atoms with E-state index in [-0.39, 0.29) is 12.5 Å². The standard InChI is InChI=1S/C18H19N3O4/c1-3-21-15-14(16(22)20-18(21)24)12(10-6-4-5-9(2)7-10)13-11(19-15)8-25-17(13)23/h4-7,12,14-15,19H,3,8H2,1-2H3,(H,20,22,24). The van der Waals surface area contributed by atoms with Crippen molar-refractivity contribution in [3.63, 3.8) is 0 Å². The van der Waals surface area contributed by atoms with Crippen molar-refractivity contribution in [1.82, 2.24) is 15.5 Å². The third kappa shape index (κ3) is 2.30. The van der Waals surface area contributed by atoms with Crippen molar-refractivity contribution in [2.75, 3.05) is 13.2 Å². The predicted molar refractivity (Wildman–Crippen MR) is 88.2 cm³/mol. The molecule has 0 radical (unpaired) electrons. The van der Waals surface area contributed by atoms with Crippen LogP contribution in [0.3, 0.4) is 0 Å². The van der Waals surface area contributed by atoms with Crippen LogP contribution < -0.4 is 10.6 Å². The molecule has 1 aromatic rings. The highest BCUT2D eigenvalue weighted by Gasteiger charge is 2.53. The van der Waals surface area contributed by atoms with Gasteiger partial charge in [-0.1, -0.05) is 29.8 Å². The summed E-state index contributed by atoms with van der Waals surface area (Å²) in [4.78, 5) is 38.8. The molecular weight excluding hydrogens is 322 g/mol. The molecule has 7 heteroatoms. The van der Waals surface area contributed by atoms with Crippen molar-refractivity contribution >= 4 is 17.9 Å². The third-order valence-electron chi connectivity index (χ3n) is 5.10. The number of amides is 3. The SMILES string of the molecule is CCN1C(=O)NC(=O)C2C(c3cccc(C)c3)C3=C(COC3=O)NC21. The Morgan fingerprint density at radius 2 is 2.08 bits per heavy atom. The number of urea groups is 1. The first kappa shape index (κ1) is 15.7. The molecule has 1 saturated heterocycles. The molecule has 0 spiro atoms. The predicted octanol–water partition coefficient (Wildman–Crippen LogP) is 1.01. The highest BCUT2D eigenvalue weighted by molar-refractivity contribution is 6.02. The normalized spacial score (nSPS) is 28.2. The van der Waals surface area contributed by atoms with Gasteiger partial charge in [0.1, 0.15) is 12.8 Å². The van der Waals surface area contributed by atoms with Crippen LogP contribution in [0.4, 0.5) is 4.79 Å². The number of esters is 1. The number of hydrogen-bond donors (Lipinski definition) is 2. The van der Waals surface area contributed by atoms with Crippen molar-refractivity contribution in [2.24, 2.45) is 5.92 Å². The number of nitrogens with zero attached hydrogens (tertiary/aromatic N) is 1. The summed E-state index contributed by atoms with van der Waals surface area (Å²) in [6.07, 6.45) is -0.495. The number of fused-ring (bicyclic) bond motifs is 1. The molecule has 4 rings (SSSR count). The molecule has 2 N–H and O–H groups in total. The zero-order valence-corrected chi connectivity index (χ0v) is 14.0. The maximum absolute atomic E-state index is 12.7. The van der Waals surface area contributed by atoms with E-state index in [4.69, 9.17) is 4.74 Å². The minimum absolute atomic E-state index is 0.146. The first-order valence-electron chi connectivity index (χ1n) is 8.36. The maximum atomic E-state index is 12.7. The van der Waals surface area contributed by atoms with Crippen LogP contribution in [0.25, 0.3) is 0 Å². The second-order valence-electron chi connectivity index (χ2n) is 6.56. The highest BCUT2D eigenvalue weighted by atomic mass is 16.5. The largest absolute Gasteiger partial charge is 0.456 e. The van der Waals surface area contributed by atoms with E-state index < -0.39 is 30.0 Å². The van der Waals surface area contributed by atoms with Crippen molar-refractivity contribution in [1.29, 1.82) is 0 Å². The van der Waals surface area contributed by atoms with Crippen LogP contribution in [-0.4, -0.2) is 42.1 Å². The lowest BCUT2D eigenvalue weighted by atomic mass is 9.74. The Labute approximate surface area is 145 Å². The molecule has 0 aromatic heterocycles. The van der Waals surface area contributed by atoms with Gasteiger partial charge in [0.2, 0.25) is 5.91 Å². The number of imide groups is 1. The topological polar surface area (TPSA) is 87.7 Å². The van der Waals surface area contributed by atoms with Gasteiger partial charge in [-0.25, -0.2) is 9.59 Å². The van der Waals surface area contributed by atoms with Gasteiger partial charge in [-0.15, -0.1) is 0 Å². The minimum Gasteiger partial charge on any atom is -0.456 e. The molecule has 3 aliphatic heterocycles. The zero-order valence-electron chi connectivity index (χ0n) is 14.0. The van der Waals surface area contributed by atoms with E-state index >= 15 is 0 Å². The molecule has 3 aliphatic rings. The molecule has 1 fully saturated rings. The second kappa shape index (κ2) is 5.61. The van der Waals surface area contributed by atoms with Crippen LogP contribution in [0.15, 0.2) is 35.5 Å². The van der Waals surface area contributed by atoms with E-state index in [1.807, 2.05) is 38.1 Å². The molecule has 25 heavy (non-hydrogen) atoms. The number of rotatable bonds is 2. The summed E-state index contributed by atoms with van der Waals surface area (Å²) in [7, 11) is 0. The van der Waals surface area contributed by atoms with E-state index in [1.165, 1.54) is 0 Å². The molecule has 3 atom stereocenters. The molecule has 3 unspecified atom stereocenters. The summed E-state index contributed by atoms with van der Waals surface area (Å²) in [5.41, 5.74) is 3.08. The quantitative estimate of drug-likeness (QED) is 0.784.